The van der Waals surface area contributed by atoms with E-state index >= 15 is 0 Å². The summed E-state index contributed by atoms with van der Waals surface area (Å²) >= 11 is 0. The highest BCUT2D eigenvalue weighted by molar-refractivity contribution is 5.66. The fraction of sp³-hybridized carbons (Fsp3) is 0.667. The smallest absolute Gasteiger partial charge is 0.304 e. The highest BCUT2D eigenvalue weighted by Crippen LogP contribution is 2.30. The Bertz CT molecular complexity index is 801. The summed E-state index contributed by atoms with van der Waals surface area (Å²) in [6, 6.07) is 0. The fourth-order valence-electron chi connectivity index (χ4n) is 2.98. The van der Waals surface area contributed by atoms with Gasteiger partial charge in [0.2, 0.25) is 18.5 Å². The Morgan fingerprint density at radius 1 is 1.60 bits per heavy atom. The maximum Gasteiger partial charge on any atom is 0.304 e. The van der Waals surface area contributed by atoms with Gasteiger partial charge in [-0.2, -0.15) is 9.55 Å². The molecule has 3 heterocycles. The number of nitrogens with zero attached hydrogens (tertiary/aromatic N) is 4. The molecular weight excluding hydrogens is 328 g/mol. The largest absolute Gasteiger partial charge is 0.386 e. The predicted octanol–water partition coefficient (Wildman–Crippen LogP) is -1.78. The van der Waals surface area contributed by atoms with Crippen molar-refractivity contribution in [1.82, 2.24) is 19.4 Å². The molecule has 0 amide bonds. The number of aromatic nitrogens is 4. The van der Waals surface area contributed by atoms with Gasteiger partial charge >= 0.3 is 5.56 Å². The highest BCUT2D eigenvalue weighted by Gasteiger charge is 2.42. The zero-order valence-electron chi connectivity index (χ0n) is 14.7. The topological polar surface area (TPSA) is 123 Å². The van der Waals surface area contributed by atoms with E-state index in [2.05, 4.69) is 9.97 Å². The van der Waals surface area contributed by atoms with Gasteiger partial charge in [-0.25, -0.2) is 4.57 Å². The van der Waals surface area contributed by atoms with Crippen molar-refractivity contribution in [1.29, 1.82) is 0 Å². The second kappa shape index (κ2) is 7.08. The quantitative estimate of drug-likeness (QED) is 0.414. The number of aliphatic hydroxyl groups is 1. The molecule has 4 N–H and O–H groups in total. The molecule has 0 aromatic carbocycles. The molecule has 1 saturated heterocycles. The minimum absolute atomic E-state index is 0.0218. The van der Waals surface area contributed by atoms with Crippen molar-refractivity contribution >= 4 is 17.1 Å². The molecule has 0 unspecified atom stereocenters. The molecule has 2 aromatic heterocycles. The molecule has 10 nitrogen and oxygen atoms in total. The fourth-order valence-corrected chi connectivity index (χ4v) is 2.98. The maximum absolute atomic E-state index is 12.1. The van der Waals surface area contributed by atoms with Gasteiger partial charge in [-0.1, -0.05) is 0 Å². The average molecular weight is 353 g/mol. The molecule has 1 aliphatic rings. The Morgan fingerprint density at radius 2 is 2.36 bits per heavy atom. The van der Waals surface area contributed by atoms with E-state index in [1.54, 1.807) is 22.5 Å². The molecule has 0 aliphatic carbocycles. The van der Waals surface area contributed by atoms with Crippen LogP contribution in [0.4, 0.5) is 5.95 Å². The van der Waals surface area contributed by atoms with E-state index in [4.69, 9.17) is 15.2 Å². The zero-order valence-corrected chi connectivity index (χ0v) is 14.7. The number of imidazole rings is 1. The number of hydrogen-bond acceptors (Lipinski definition) is 7. The normalized spacial score (nSPS) is 23.8. The lowest BCUT2D eigenvalue weighted by molar-refractivity contribution is -0.646. The van der Waals surface area contributed by atoms with E-state index in [1.807, 2.05) is 19.0 Å². The van der Waals surface area contributed by atoms with Crippen LogP contribution < -0.4 is 15.9 Å². The summed E-state index contributed by atoms with van der Waals surface area (Å²) in [5.41, 5.74) is 6.07. The van der Waals surface area contributed by atoms with Gasteiger partial charge in [-0.3, -0.25) is 9.78 Å². The minimum atomic E-state index is -0.766. The third-order valence-corrected chi connectivity index (χ3v) is 4.33. The Morgan fingerprint density at radius 3 is 3.08 bits per heavy atom. The lowest BCUT2D eigenvalue weighted by atomic mass is 10.1. The van der Waals surface area contributed by atoms with Crippen LogP contribution in [0.1, 0.15) is 6.23 Å². The molecule has 2 aromatic rings. The lowest BCUT2D eigenvalue weighted by Crippen LogP contribution is -2.32. The molecule has 10 heteroatoms. The summed E-state index contributed by atoms with van der Waals surface area (Å²) in [5, 5.41) is 10.6. The molecule has 0 bridgehead atoms. The molecule has 138 valence electrons. The molecule has 3 atom stereocenters. The molecule has 25 heavy (non-hydrogen) atoms. The second-order valence-corrected chi connectivity index (χ2v) is 6.61. The zero-order chi connectivity index (χ0) is 18.1. The van der Waals surface area contributed by atoms with Crippen molar-refractivity contribution in [2.45, 2.75) is 12.3 Å². The Labute approximate surface area is 144 Å². The lowest BCUT2D eigenvalue weighted by Gasteiger charge is -2.16. The summed E-state index contributed by atoms with van der Waals surface area (Å²) in [7, 11) is 5.68. The van der Waals surface area contributed by atoms with Crippen LogP contribution in [0.15, 0.2) is 11.1 Å². The number of nitrogen functional groups attached to an aromatic ring is 1. The summed E-state index contributed by atoms with van der Waals surface area (Å²) in [5.74, 6) is -0.122. The number of nitrogens with two attached hydrogens (primary N) is 1. The van der Waals surface area contributed by atoms with Crippen molar-refractivity contribution in [3.63, 3.8) is 0 Å². The van der Waals surface area contributed by atoms with E-state index in [9.17, 15) is 9.90 Å². The predicted molar refractivity (Wildman–Crippen MR) is 89.8 cm³/mol. The summed E-state index contributed by atoms with van der Waals surface area (Å²) in [6.07, 6.45) is 0.271. The highest BCUT2D eigenvalue weighted by atomic mass is 16.5. The first-order valence-corrected chi connectivity index (χ1v) is 8.16. The van der Waals surface area contributed by atoms with E-state index in [1.165, 1.54) is 0 Å². The molecule has 0 saturated carbocycles. The van der Waals surface area contributed by atoms with Crippen molar-refractivity contribution in [3.8, 4) is 0 Å². The van der Waals surface area contributed by atoms with Gasteiger partial charge in [-0.05, 0) is 14.1 Å². The van der Waals surface area contributed by atoms with E-state index in [0.29, 0.717) is 31.0 Å². The van der Waals surface area contributed by atoms with Crippen molar-refractivity contribution in [2.24, 2.45) is 13.0 Å². The van der Waals surface area contributed by atoms with Gasteiger partial charge in [0, 0.05) is 12.5 Å². The van der Waals surface area contributed by atoms with Gasteiger partial charge in [0.05, 0.1) is 26.9 Å². The number of aryl methyl sites for hydroxylation is 1. The molecule has 0 radical (unpaired) electrons. The van der Waals surface area contributed by atoms with Crippen LogP contribution in [-0.4, -0.2) is 71.1 Å². The van der Waals surface area contributed by atoms with Gasteiger partial charge in [-0.15, -0.1) is 0 Å². The number of nitrogens with one attached hydrogen (secondary N) is 1. The molecule has 3 rings (SSSR count). The maximum atomic E-state index is 12.1. The Balaban J connectivity index is 1.77. The second-order valence-electron chi connectivity index (χ2n) is 6.61. The summed E-state index contributed by atoms with van der Waals surface area (Å²) < 4.78 is 14.7. The summed E-state index contributed by atoms with van der Waals surface area (Å²) in [6.45, 7) is 2.19. The van der Waals surface area contributed by atoms with E-state index < -0.39 is 12.3 Å². The van der Waals surface area contributed by atoms with Gasteiger partial charge in [0.15, 0.2) is 0 Å². The first-order valence-electron chi connectivity index (χ1n) is 8.16. The number of anilines is 1. The van der Waals surface area contributed by atoms with Crippen molar-refractivity contribution in [2.75, 3.05) is 46.2 Å². The van der Waals surface area contributed by atoms with Crippen LogP contribution >= 0.6 is 0 Å². The van der Waals surface area contributed by atoms with E-state index in [-0.39, 0.29) is 17.4 Å². The third-order valence-electron chi connectivity index (χ3n) is 4.33. The van der Waals surface area contributed by atoms with Gasteiger partial charge in [0.25, 0.3) is 11.2 Å². The Hall–Kier alpha value is -2.01. The van der Waals surface area contributed by atoms with Crippen LogP contribution in [0.3, 0.4) is 0 Å². The number of aromatic amines is 1. The molecular formula is C15H25N6O4+. The minimum Gasteiger partial charge on any atom is -0.386 e. The SMILES string of the molecule is CN(C)CCOC[C@@H]1CO[C@@H](n2c[n+](C)c3c(=O)[nH]c(N)nc32)[C@@H]1O. The molecule has 1 aliphatic heterocycles. The van der Waals surface area contributed by atoms with Crippen LogP contribution in [0.25, 0.3) is 11.2 Å². The van der Waals surface area contributed by atoms with Crippen molar-refractivity contribution in [3.05, 3.63) is 16.7 Å². The van der Waals surface area contributed by atoms with Crippen LogP contribution in [0.5, 0.6) is 0 Å². The van der Waals surface area contributed by atoms with Gasteiger partial charge in [0.1, 0.15) is 6.10 Å². The Kier molecular flexibility index (Phi) is 5.04. The number of aliphatic hydroxyl groups excluding tert-OH is 1. The number of hydrogen-bond donors (Lipinski definition) is 3. The number of ether oxygens (including phenoxy) is 2. The molecule has 0 spiro atoms. The van der Waals surface area contributed by atoms with E-state index in [0.717, 1.165) is 6.54 Å². The van der Waals surface area contributed by atoms with Crippen LogP contribution in [0, 0.1) is 5.92 Å². The first kappa shape index (κ1) is 17.8. The number of rotatable bonds is 6. The third kappa shape index (κ3) is 3.52. The standard InChI is InChI=1S/C15H24N6O4/c1-19(2)4-5-24-6-9-7-25-14(11(9)22)21-8-20(3)10-12(21)17-15(16)18-13(10)23/h8-9,11,14,22H,4-7H2,1-3H3,(H2-,16,17,18,23)/p+1/t9-,11-,14-/m1/s1. The van der Waals surface area contributed by atoms with Crippen molar-refractivity contribution < 1.29 is 19.1 Å². The number of H-pyrrole nitrogens is 1. The number of likely N-dealkylation sites (N-methyl/N-ethyl adjacent to an activating group) is 1. The molecule has 1 fully saturated rings. The van der Waals surface area contributed by atoms with Crippen LogP contribution in [0.2, 0.25) is 0 Å². The first-order chi connectivity index (χ1) is 11.9. The summed E-state index contributed by atoms with van der Waals surface area (Å²) in [4.78, 5) is 20.8. The van der Waals surface area contributed by atoms with Gasteiger partial charge < -0.3 is 25.2 Å². The number of fused-ring (bicyclic) bond motifs is 1. The monoisotopic (exact) mass is 353 g/mol. The van der Waals surface area contributed by atoms with Crippen LogP contribution in [-0.2, 0) is 16.5 Å². The average Bonchev–Trinajstić information content (AvgIpc) is 3.04.